The lowest BCUT2D eigenvalue weighted by Crippen LogP contribution is -2.58. The van der Waals surface area contributed by atoms with E-state index in [2.05, 4.69) is 4.74 Å². The van der Waals surface area contributed by atoms with Gasteiger partial charge >= 0.3 is 17.9 Å². The van der Waals surface area contributed by atoms with Crippen molar-refractivity contribution in [1.29, 1.82) is 0 Å². The van der Waals surface area contributed by atoms with E-state index in [1.165, 1.54) is 0 Å². The second-order valence-electron chi connectivity index (χ2n) is 8.20. The Labute approximate surface area is 144 Å². The zero-order valence-corrected chi connectivity index (χ0v) is 14.2. The molecule has 4 bridgehead atoms. The highest BCUT2D eigenvalue weighted by molar-refractivity contribution is 5.78. The third-order valence-electron chi connectivity index (χ3n) is 5.64. The molecular weight excluding hydrogens is 338 g/mol. The van der Waals surface area contributed by atoms with Crippen LogP contribution in [0.2, 0.25) is 0 Å². The van der Waals surface area contributed by atoms with Crippen LogP contribution in [0.1, 0.15) is 45.4 Å². The minimum absolute atomic E-state index is 0.316. The molecule has 0 saturated heterocycles. The molecule has 4 rings (SSSR count). The summed E-state index contributed by atoms with van der Waals surface area (Å²) in [4.78, 5) is 23.5. The standard InChI is InChI=1S/C17H24F2O6/c1-15(18,19)13(21)24-7-12(20)8-25-14(22)16-3-10-2-11(4-16)6-17(23,5-10)9-16/h10-12,20,23H,2-9H2,1H3. The number of rotatable bonds is 6. The topological polar surface area (TPSA) is 93.1 Å². The Morgan fingerprint density at radius 1 is 1.16 bits per heavy atom. The molecule has 25 heavy (non-hydrogen) atoms. The molecule has 0 aromatic rings. The average molecular weight is 362 g/mol. The van der Waals surface area contributed by atoms with Crippen molar-refractivity contribution < 1.29 is 38.1 Å². The lowest BCUT2D eigenvalue weighted by Gasteiger charge is -2.58. The van der Waals surface area contributed by atoms with Gasteiger partial charge in [-0.05, 0) is 50.4 Å². The van der Waals surface area contributed by atoms with Crippen molar-refractivity contribution >= 4 is 11.9 Å². The number of aliphatic hydroxyl groups is 2. The first-order valence-electron chi connectivity index (χ1n) is 8.64. The third-order valence-corrected chi connectivity index (χ3v) is 5.64. The van der Waals surface area contributed by atoms with E-state index in [0.717, 1.165) is 19.3 Å². The van der Waals surface area contributed by atoms with E-state index < -0.39 is 48.2 Å². The zero-order chi connectivity index (χ0) is 18.5. The summed E-state index contributed by atoms with van der Waals surface area (Å²) in [6.45, 7) is -0.700. The van der Waals surface area contributed by atoms with E-state index in [-0.39, 0.29) is 0 Å². The van der Waals surface area contributed by atoms with Crippen molar-refractivity contribution in [2.45, 2.75) is 63.1 Å². The summed E-state index contributed by atoms with van der Waals surface area (Å²) >= 11 is 0. The van der Waals surface area contributed by atoms with Gasteiger partial charge in [-0.3, -0.25) is 4.79 Å². The maximum atomic E-state index is 12.7. The molecule has 0 radical (unpaired) electrons. The van der Waals surface area contributed by atoms with E-state index in [4.69, 9.17) is 4.74 Å². The van der Waals surface area contributed by atoms with Crippen LogP contribution in [0.15, 0.2) is 0 Å². The Balaban J connectivity index is 1.50. The highest BCUT2D eigenvalue weighted by Crippen LogP contribution is 2.61. The number of ether oxygens (including phenoxy) is 2. The van der Waals surface area contributed by atoms with Crippen LogP contribution in [0.5, 0.6) is 0 Å². The molecule has 142 valence electrons. The van der Waals surface area contributed by atoms with Crippen LogP contribution in [-0.4, -0.2) is 53.0 Å². The van der Waals surface area contributed by atoms with Gasteiger partial charge in [-0.15, -0.1) is 0 Å². The Kier molecular flexibility index (Phi) is 4.56. The van der Waals surface area contributed by atoms with Crippen LogP contribution in [0.3, 0.4) is 0 Å². The molecule has 4 saturated carbocycles. The van der Waals surface area contributed by atoms with Gasteiger partial charge in [0, 0.05) is 6.92 Å². The van der Waals surface area contributed by atoms with Crippen molar-refractivity contribution in [2.24, 2.45) is 17.3 Å². The molecule has 3 atom stereocenters. The van der Waals surface area contributed by atoms with Gasteiger partial charge in [0.05, 0.1) is 11.0 Å². The average Bonchev–Trinajstić information content (AvgIpc) is 2.46. The lowest BCUT2D eigenvalue weighted by molar-refractivity contribution is -0.199. The van der Waals surface area contributed by atoms with Gasteiger partial charge < -0.3 is 19.7 Å². The monoisotopic (exact) mass is 362 g/mol. The predicted octanol–water partition coefficient (Wildman–Crippen LogP) is 1.42. The molecule has 0 heterocycles. The number of esters is 2. The van der Waals surface area contributed by atoms with Gasteiger partial charge in [0.1, 0.15) is 19.3 Å². The Morgan fingerprint density at radius 3 is 2.24 bits per heavy atom. The number of carbonyl (C=O) groups excluding carboxylic acids is 2. The minimum atomic E-state index is -3.63. The summed E-state index contributed by atoms with van der Waals surface area (Å²) < 4.78 is 34.8. The molecule has 0 aliphatic heterocycles. The fraction of sp³-hybridized carbons (Fsp3) is 0.882. The van der Waals surface area contributed by atoms with Gasteiger partial charge in [-0.25, -0.2) is 4.79 Å². The number of halogens is 2. The van der Waals surface area contributed by atoms with Gasteiger partial charge in [0.2, 0.25) is 0 Å². The van der Waals surface area contributed by atoms with Crippen LogP contribution >= 0.6 is 0 Å². The summed E-state index contributed by atoms with van der Waals surface area (Å²) in [6.07, 6.45) is 2.84. The molecule has 0 amide bonds. The highest BCUT2D eigenvalue weighted by atomic mass is 19.3. The molecule has 2 N–H and O–H groups in total. The Bertz CT molecular complexity index is 544. The Hall–Kier alpha value is -1.28. The van der Waals surface area contributed by atoms with E-state index in [0.29, 0.717) is 38.0 Å². The van der Waals surface area contributed by atoms with Gasteiger partial charge in [0.15, 0.2) is 0 Å². The summed E-state index contributed by atoms with van der Waals surface area (Å²) in [5, 5.41) is 20.3. The maximum Gasteiger partial charge on any atom is 0.376 e. The van der Waals surface area contributed by atoms with Crippen molar-refractivity contribution in [3.63, 3.8) is 0 Å². The minimum Gasteiger partial charge on any atom is -0.462 e. The summed E-state index contributed by atoms with van der Waals surface area (Å²) in [6, 6.07) is 0. The molecule has 6 nitrogen and oxygen atoms in total. The molecule has 4 aliphatic carbocycles. The molecule has 4 aliphatic rings. The fourth-order valence-electron chi connectivity index (χ4n) is 5.12. The van der Waals surface area contributed by atoms with E-state index in [9.17, 15) is 28.6 Å². The van der Waals surface area contributed by atoms with Crippen molar-refractivity contribution in [3.05, 3.63) is 0 Å². The Morgan fingerprint density at radius 2 is 1.72 bits per heavy atom. The van der Waals surface area contributed by atoms with Crippen LogP contribution in [0, 0.1) is 17.3 Å². The molecule has 4 fully saturated rings. The normalized spacial score (nSPS) is 37.6. The van der Waals surface area contributed by atoms with Gasteiger partial charge in [0.25, 0.3) is 0 Å². The maximum absolute atomic E-state index is 12.7. The number of alkyl halides is 2. The van der Waals surface area contributed by atoms with Crippen molar-refractivity contribution in [3.8, 4) is 0 Å². The second kappa shape index (κ2) is 6.16. The van der Waals surface area contributed by atoms with Crippen molar-refractivity contribution in [1.82, 2.24) is 0 Å². The highest BCUT2D eigenvalue weighted by Gasteiger charge is 2.60. The zero-order valence-electron chi connectivity index (χ0n) is 14.2. The van der Waals surface area contributed by atoms with Crippen LogP contribution in [-0.2, 0) is 19.1 Å². The summed E-state index contributed by atoms with van der Waals surface area (Å²) in [5.74, 6) is -5.20. The summed E-state index contributed by atoms with van der Waals surface area (Å²) in [7, 11) is 0. The quantitative estimate of drug-likeness (QED) is 0.694. The number of carbonyl (C=O) groups is 2. The molecular formula is C17H24F2O6. The largest absolute Gasteiger partial charge is 0.462 e. The number of hydrogen-bond donors (Lipinski definition) is 2. The fourth-order valence-corrected chi connectivity index (χ4v) is 5.12. The molecule has 0 aromatic carbocycles. The van der Waals surface area contributed by atoms with Crippen LogP contribution < -0.4 is 0 Å². The number of aliphatic hydroxyl groups excluding tert-OH is 1. The van der Waals surface area contributed by atoms with Crippen molar-refractivity contribution in [2.75, 3.05) is 13.2 Å². The molecule has 0 aromatic heterocycles. The third kappa shape index (κ3) is 3.79. The first-order chi connectivity index (χ1) is 11.5. The van der Waals surface area contributed by atoms with E-state index in [1.54, 1.807) is 0 Å². The van der Waals surface area contributed by atoms with Crippen LogP contribution in [0.25, 0.3) is 0 Å². The smallest absolute Gasteiger partial charge is 0.376 e. The first-order valence-corrected chi connectivity index (χ1v) is 8.64. The lowest BCUT2D eigenvalue weighted by atomic mass is 9.48. The van der Waals surface area contributed by atoms with E-state index in [1.807, 2.05) is 0 Å². The van der Waals surface area contributed by atoms with Gasteiger partial charge in [-0.2, -0.15) is 8.78 Å². The van der Waals surface area contributed by atoms with Crippen LogP contribution in [0.4, 0.5) is 8.78 Å². The molecule has 8 heteroatoms. The predicted molar refractivity (Wildman–Crippen MR) is 80.6 cm³/mol. The molecule has 0 spiro atoms. The van der Waals surface area contributed by atoms with Gasteiger partial charge in [-0.1, -0.05) is 0 Å². The SMILES string of the molecule is CC(F)(F)C(=O)OCC(O)COC(=O)C12CC3CC(CC(O)(C3)C1)C2. The number of hydrogen-bond acceptors (Lipinski definition) is 6. The first kappa shape index (κ1) is 18.5. The van der Waals surface area contributed by atoms with E-state index >= 15 is 0 Å². The molecule has 3 unspecified atom stereocenters. The second-order valence-corrected chi connectivity index (χ2v) is 8.20. The summed E-state index contributed by atoms with van der Waals surface area (Å²) in [5.41, 5.74) is -1.52.